The van der Waals surface area contributed by atoms with Gasteiger partial charge in [-0.3, -0.25) is 14.4 Å². The number of rotatable bonds is 4. The van der Waals surface area contributed by atoms with Crippen LogP contribution in [0.2, 0.25) is 0 Å². The van der Waals surface area contributed by atoms with Crippen molar-refractivity contribution < 1.29 is 23.9 Å². The van der Waals surface area contributed by atoms with E-state index in [4.69, 9.17) is 9.47 Å². The highest BCUT2D eigenvalue weighted by atomic mass is 16.5. The average molecular weight is 433 g/mol. The topological polar surface area (TPSA) is 69.7 Å². The molecular formula is C26H40O5. The molecule has 0 amide bonds. The lowest BCUT2D eigenvalue weighted by atomic mass is 9.43. The van der Waals surface area contributed by atoms with Gasteiger partial charge in [0.2, 0.25) is 0 Å². The lowest BCUT2D eigenvalue weighted by Gasteiger charge is -2.62. The second kappa shape index (κ2) is 8.19. The van der Waals surface area contributed by atoms with Crippen molar-refractivity contribution in [1.29, 1.82) is 0 Å². The summed E-state index contributed by atoms with van der Waals surface area (Å²) in [4.78, 5) is 36.4. The summed E-state index contributed by atoms with van der Waals surface area (Å²) in [5, 5.41) is 0. The van der Waals surface area contributed by atoms with Crippen molar-refractivity contribution in [3.8, 4) is 0 Å². The number of carbonyl (C=O) groups is 3. The molecule has 4 aliphatic carbocycles. The lowest BCUT2D eigenvalue weighted by molar-refractivity contribution is -0.195. The second-order valence-electron chi connectivity index (χ2n) is 11.7. The average Bonchev–Trinajstić information content (AvgIpc) is 3.02. The molecule has 0 radical (unpaired) electrons. The van der Waals surface area contributed by atoms with E-state index in [0.29, 0.717) is 23.7 Å². The van der Waals surface area contributed by atoms with Gasteiger partial charge in [-0.25, -0.2) is 0 Å². The first-order valence-electron chi connectivity index (χ1n) is 12.4. The Hall–Kier alpha value is -1.39. The monoisotopic (exact) mass is 432 g/mol. The Labute approximate surface area is 187 Å². The summed E-state index contributed by atoms with van der Waals surface area (Å²) >= 11 is 0. The molecule has 4 aliphatic rings. The second-order valence-corrected chi connectivity index (χ2v) is 11.7. The third-order valence-electron chi connectivity index (χ3n) is 9.96. The van der Waals surface area contributed by atoms with Crippen molar-refractivity contribution in [2.75, 3.05) is 6.61 Å². The van der Waals surface area contributed by atoms with Crippen LogP contribution in [0.25, 0.3) is 0 Å². The summed E-state index contributed by atoms with van der Waals surface area (Å²) in [5.74, 6) is 2.17. The zero-order valence-electron chi connectivity index (χ0n) is 19.9. The molecule has 0 heterocycles. The SMILES string of the molecule is CC(=O)OCC(=O)[C@H]1CC[C@H]2[C@@H]3CC[C@H]4C[C@H](C)CC[C@]4(C)[C@H]3[C@@H](OC(C)=O)C[C@]12C. The molecule has 5 heteroatoms. The van der Waals surface area contributed by atoms with Crippen LogP contribution in [0.5, 0.6) is 0 Å². The number of esters is 2. The van der Waals surface area contributed by atoms with Crippen LogP contribution in [0.1, 0.15) is 86.0 Å². The third kappa shape index (κ3) is 3.84. The molecule has 0 spiro atoms. The van der Waals surface area contributed by atoms with Crippen LogP contribution in [0.4, 0.5) is 0 Å². The van der Waals surface area contributed by atoms with Gasteiger partial charge in [0, 0.05) is 25.7 Å². The predicted molar refractivity (Wildman–Crippen MR) is 117 cm³/mol. The summed E-state index contributed by atoms with van der Waals surface area (Å²) < 4.78 is 11.1. The minimum Gasteiger partial charge on any atom is -0.462 e. The Bertz CT molecular complexity index is 746. The number of carbonyl (C=O) groups excluding carboxylic acids is 3. The summed E-state index contributed by atoms with van der Waals surface area (Å²) in [5.41, 5.74) is 0.0282. The van der Waals surface area contributed by atoms with Gasteiger partial charge in [-0.15, -0.1) is 0 Å². The summed E-state index contributed by atoms with van der Waals surface area (Å²) in [6.45, 7) is 9.82. The van der Waals surface area contributed by atoms with Crippen molar-refractivity contribution in [1.82, 2.24) is 0 Å². The smallest absolute Gasteiger partial charge is 0.303 e. The Kier molecular flexibility index (Phi) is 6.02. The van der Waals surface area contributed by atoms with Crippen LogP contribution in [0.15, 0.2) is 0 Å². The van der Waals surface area contributed by atoms with Crippen molar-refractivity contribution in [2.24, 2.45) is 46.3 Å². The normalized spacial score (nSPS) is 46.3. The van der Waals surface area contributed by atoms with E-state index < -0.39 is 5.97 Å². The molecule has 4 saturated carbocycles. The van der Waals surface area contributed by atoms with Crippen LogP contribution >= 0.6 is 0 Å². The standard InChI is InChI=1S/C26H40O5/c1-15-10-11-25(4)18(12-15)6-7-19-20-8-9-21(22(29)14-30-16(2)27)26(20,5)13-23(24(19)25)31-17(3)28/h15,18-21,23-24H,6-14H2,1-5H3/t15-,18+,19+,20+,21-,23+,24-,25+,26+/m1/s1. The molecule has 4 rings (SSSR count). The molecule has 4 fully saturated rings. The van der Waals surface area contributed by atoms with Crippen molar-refractivity contribution in [2.45, 2.75) is 92.1 Å². The first kappa shape index (κ1) is 22.8. The summed E-state index contributed by atoms with van der Waals surface area (Å²) in [7, 11) is 0. The Balaban J connectivity index is 1.65. The molecule has 174 valence electrons. The van der Waals surface area contributed by atoms with E-state index in [9.17, 15) is 14.4 Å². The maximum absolute atomic E-state index is 13.0. The molecule has 0 aromatic rings. The maximum atomic E-state index is 13.0. The number of fused-ring (bicyclic) bond motifs is 5. The summed E-state index contributed by atoms with van der Waals surface area (Å²) in [6.07, 6.45) is 8.75. The molecule has 0 aromatic carbocycles. The molecule has 31 heavy (non-hydrogen) atoms. The van der Waals surface area contributed by atoms with Gasteiger partial charge in [0.15, 0.2) is 5.78 Å². The molecule has 5 nitrogen and oxygen atoms in total. The van der Waals surface area contributed by atoms with Crippen molar-refractivity contribution >= 4 is 17.7 Å². The van der Waals surface area contributed by atoms with Gasteiger partial charge < -0.3 is 9.47 Å². The van der Waals surface area contributed by atoms with Crippen LogP contribution in [0.3, 0.4) is 0 Å². The van der Waals surface area contributed by atoms with Crippen LogP contribution < -0.4 is 0 Å². The zero-order valence-corrected chi connectivity index (χ0v) is 19.9. The van der Waals surface area contributed by atoms with E-state index in [2.05, 4.69) is 20.8 Å². The highest BCUT2D eigenvalue weighted by Gasteiger charge is 2.64. The fourth-order valence-corrected chi connectivity index (χ4v) is 8.69. The quantitative estimate of drug-likeness (QED) is 0.588. The Morgan fingerprint density at radius 2 is 1.68 bits per heavy atom. The molecule has 0 unspecified atom stereocenters. The largest absolute Gasteiger partial charge is 0.462 e. The van der Waals surface area contributed by atoms with Gasteiger partial charge in [-0.1, -0.05) is 27.2 Å². The molecular weight excluding hydrogens is 392 g/mol. The van der Waals surface area contributed by atoms with Crippen LogP contribution in [0, 0.1) is 46.3 Å². The van der Waals surface area contributed by atoms with E-state index in [-0.39, 0.29) is 41.2 Å². The maximum Gasteiger partial charge on any atom is 0.303 e. The van der Waals surface area contributed by atoms with Crippen LogP contribution in [-0.4, -0.2) is 30.4 Å². The minimum absolute atomic E-state index is 0.0339. The number of hydrogen-bond acceptors (Lipinski definition) is 5. The fourth-order valence-electron chi connectivity index (χ4n) is 8.69. The molecule has 0 bridgehead atoms. The van der Waals surface area contributed by atoms with Gasteiger partial charge in [-0.2, -0.15) is 0 Å². The number of ketones is 1. The van der Waals surface area contributed by atoms with Crippen molar-refractivity contribution in [3.05, 3.63) is 0 Å². The van der Waals surface area contributed by atoms with Gasteiger partial charge in [0.1, 0.15) is 12.7 Å². The minimum atomic E-state index is -0.410. The third-order valence-corrected chi connectivity index (χ3v) is 9.96. The highest BCUT2D eigenvalue weighted by Crippen LogP contribution is 2.68. The van der Waals surface area contributed by atoms with Crippen molar-refractivity contribution in [3.63, 3.8) is 0 Å². The first-order valence-corrected chi connectivity index (χ1v) is 12.4. The molecule has 0 N–H and O–H groups in total. The molecule has 9 atom stereocenters. The number of Topliss-reactive ketones (excluding diaryl/α,β-unsaturated/α-hetero) is 1. The number of hydrogen-bond donors (Lipinski definition) is 0. The first-order chi connectivity index (χ1) is 14.6. The highest BCUT2D eigenvalue weighted by molar-refractivity contribution is 5.85. The fraction of sp³-hybridized carbons (Fsp3) is 0.885. The zero-order chi connectivity index (χ0) is 22.6. The van der Waals surface area contributed by atoms with Gasteiger partial charge in [0.25, 0.3) is 0 Å². The van der Waals surface area contributed by atoms with E-state index in [0.717, 1.165) is 25.2 Å². The lowest BCUT2D eigenvalue weighted by Crippen LogP contribution is -2.60. The Morgan fingerprint density at radius 1 is 0.935 bits per heavy atom. The van der Waals surface area contributed by atoms with Gasteiger partial charge in [0.05, 0.1) is 0 Å². The molecule has 0 saturated heterocycles. The van der Waals surface area contributed by atoms with E-state index in [1.54, 1.807) is 0 Å². The number of ether oxygens (including phenoxy) is 2. The van der Waals surface area contributed by atoms with E-state index in [1.165, 1.54) is 46.0 Å². The molecule has 0 aliphatic heterocycles. The van der Waals surface area contributed by atoms with Crippen LogP contribution in [-0.2, 0) is 23.9 Å². The predicted octanol–water partition coefficient (Wildman–Crippen LogP) is 4.96. The Morgan fingerprint density at radius 3 is 2.35 bits per heavy atom. The molecule has 0 aromatic heterocycles. The van der Waals surface area contributed by atoms with Gasteiger partial charge in [-0.05, 0) is 79.4 Å². The van der Waals surface area contributed by atoms with Gasteiger partial charge >= 0.3 is 11.9 Å². The van der Waals surface area contributed by atoms with E-state index in [1.807, 2.05) is 0 Å². The summed E-state index contributed by atoms with van der Waals surface area (Å²) in [6, 6.07) is 0. The van der Waals surface area contributed by atoms with E-state index >= 15 is 0 Å².